The smallest absolute Gasteiger partial charge is 0.0358 e. The van der Waals surface area contributed by atoms with Gasteiger partial charge >= 0.3 is 0 Å². The molecule has 126 valence electrons. The highest BCUT2D eigenvalue weighted by molar-refractivity contribution is 5.02. The van der Waals surface area contributed by atoms with Crippen LogP contribution in [0.25, 0.3) is 0 Å². The summed E-state index contributed by atoms with van der Waals surface area (Å²) in [4.78, 5) is 2.54. The van der Waals surface area contributed by atoms with Crippen LogP contribution < -0.4 is 5.32 Å². The highest BCUT2D eigenvalue weighted by atomic mass is 15.2. The van der Waals surface area contributed by atoms with Crippen LogP contribution in [0.4, 0.5) is 0 Å². The molecule has 3 unspecified atom stereocenters. The molecule has 0 aromatic rings. The van der Waals surface area contributed by atoms with Crippen molar-refractivity contribution in [2.45, 2.75) is 91.1 Å². The Balaban J connectivity index is 2.88. The van der Waals surface area contributed by atoms with E-state index in [1.807, 2.05) is 0 Å². The maximum absolute atomic E-state index is 3.91. The maximum Gasteiger partial charge on any atom is 0.0358 e. The topological polar surface area (TPSA) is 15.3 Å². The third kappa shape index (κ3) is 5.56. The van der Waals surface area contributed by atoms with Crippen LogP contribution in [0.1, 0.15) is 79.6 Å². The van der Waals surface area contributed by atoms with Crippen LogP contribution in [0, 0.1) is 11.3 Å². The molecule has 0 heterocycles. The Bertz CT molecular complexity index is 292. The minimum Gasteiger partial charge on any atom is -0.312 e. The molecule has 0 bridgehead atoms. The monoisotopic (exact) mass is 296 g/mol. The van der Waals surface area contributed by atoms with Gasteiger partial charge in [-0.2, -0.15) is 0 Å². The molecule has 0 amide bonds. The Hall–Kier alpha value is -0.0800. The van der Waals surface area contributed by atoms with Gasteiger partial charge in [-0.05, 0) is 64.1 Å². The third-order valence-corrected chi connectivity index (χ3v) is 5.37. The lowest BCUT2D eigenvalue weighted by Crippen LogP contribution is -2.61. The van der Waals surface area contributed by atoms with E-state index >= 15 is 0 Å². The van der Waals surface area contributed by atoms with Crippen LogP contribution in [0.3, 0.4) is 0 Å². The molecule has 1 aliphatic carbocycles. The van der Waals surface area contributed by atoms with E-state index in [0.717, 1.165) is 12.5 Å². The maximum atomic E-state index is 3.91. The van der Waals surface area contributed by atoms with Crippen molar-refractivity contribution < 1.29 is 0 Å². The summed E-state index contributed by atoms with van der Waals surface area (Å²) in [6.45, 7) is 13.0. The van der Waals surface area contributed by atoms with Crippen molar-refractivity contribution in [1.29, 1.82) is 0 Å². The zero-order valence-electron chi connectivity index (χ0n) is 15.8. The molecule has 1 rings (SSSR count). The first-order valence-electron chi connectivity index (χ1n) is 9.12. The van der Waals surface area contributed by atoms with Crippen LogP contribution in [0.2, 0.25) is 0 Å². The number of hydrogen-bond acceptors (Lipinski definition) is 2. The van der Waals surface area contributed by atoms with Crippen LogP contribution in [0.15, 0.2) is 0 Å². The zero-order chi connectivity index (χ0) is 16.1. The Labute approximate surface area is 134 Å². The van der Waals surface area contributed by atoms with Crippen molar-refractivity contribution in [1.82, 2.24) is 10.2 Å². The van der Waals surface area contributed by atoms with Gasteiger partial charge in [-0.15, -0.1) is 0 Å². The lowest BCUT2D eigenvalue weighted by Gasteiger charge is -2.51. The molecule has 0 aromatic heterocycles. The van der Waals surface area contributed by atoms with Crippen LogP contribution >= 0.6 is 0 Å². The minimum absolute atomic E-state index is 0.359. The van der Waals surface area contributed by atoms with Gasteiger partial charge in [0.25, 0.3) is 0 Å². The number of nitrogens with one attached hydrogen (secondary N) is 1. The summed E-state index contributed by atoms with van der Waals surface area (Å²) in [5, 5.41) is 3.91. The Morgan fingerprint density at radius 2 is 1.95 bits per heavy atom. The summed E-state index contributed by atoms with van der Waals surface area (Å²) in [6, 6.07) is 0.634. The largest absolute Gasteiger partial charge is 0.312 e. The molecule has 0 aromatic carbocycles. The fourth-order valence-electron chi connectivity index (χ4n) is 4.06. The van der Waals surface area contributed by atoms with Gasteiger partial charge in [-0.25, -0.2) is 0 Å². The van der Waals surface area contributed by atoms with Crippen LogP contribution in [-0.4, -0.2) is 37.1 Å². The molecule has 1 aliphatic rings. The Morgan fingerprint density at radius 3 is 2.43 bits per heavy atom. The SMILES string of the molecule is CCCNC(CCC(C)(C)C)C1(N(C)C)CCCC(C)C1. The molecule has 1 N–H and O–H groups in total. The van der Waals surface area contributed by atoms with Gasteiger partial charge in [-0.1, -0.05) is 47.5 Å². The summed E-state index contributed by atoms with van der Waals surface area (Å²) in [7, 11) is 4.60. The number of likely N-dealkylation sites (N-methyl/N-ethyl adjacent to an activating group) is 1. The first kappa shape index (κ1) is 19.0. The van der Waals surface area contributed by atoms with Crippen molar-refractivity contribution in [2.24, 2.45) is 11.3 Å². The molecule has 21 heavy (non-hydrogen) atoms. The second-order valence-electron chi connectivity index (χ2n) is 8.81. The van der Waals surface area contributed by atoms with Gasteiger partial charge in [0.1, 0.15) is 0 Å². The van der Waals surface area contributed by atoms with Crippen molar-refractivity contribution >= 4 is 0 Å². The molecule has 0 radical (unpaired) electrons. The summed E-state index contributed by atoms with van der Waals surface area (Å²) in [6.07, 6.45) is 9.34. The third-order valence-electron chi connectivity index (χ3n) is 5.37. The second-order valence-corrected chi connectivity index (χ2v) is 8.81. The molecule has 0 saturated heterocycles. The summed E-state index contributed by atoms with van der Waals surface area (Å²) in [5.41, 5.74) is 0.790. The van der Waals surface area contributed by atoms with Gasteiger partial charge in [0.15, 0.2) is 0 Å². The fraction of sp³-hybridized carbons (Fsp3) is 1.00. The normalized spacial score (nSPS) is 28.9. The van der Waals surface area contributed by atoms with Crippen molar-refractivity contribution in [3.8, 4) is 0 Å². The van der Waals surface area contributed by atoms with E-state index in [9.17, 15) is 0 Å². The van der Waals surface area contributed by atoms with Crippen LogP contribution in [-0.2, 0) is 0 Å². The number of hydrogen-bond donors (Lipinski definition) is 1. The Morgan fingerprint density at radius 1 is 1.29 bits per heavy atom. The summed E-state index contributed by atoms with van der Waals surface area (Å²) in [5.74, 6) is 0.863. The fourth-order valence-corrected chi connectivity index (χ4v) is 4.06. The molecular formula is C19H40N2. The van der Waals surface area contributed by atoms with Crippen molar-refractivity contribution in [3.63, 3.8) is 0 Å². The van der Waals surface area contributed by atoms with Gasteiger partial charge in [-0.3, -0.25) is 0 Å². The predicted octanol–water partition coefficient (Wildman–Crippen LogP) is 4.69. The highest BCUT2D eigenvalue weighted by Crippen LogP contribution is 2.40. The van der Waals surface area contributed by atoms with E-state index in [4.69, 9.17) is 0 Å². The predicted molar refractivity (Wildman–Crippen MR) is 94.8 cm³/mol. The quantitative estimate of drug-likeness (QED) is 0.733. The average molecular weight is 297 g/mol. The zero-order valence-corrected chi connectivity index (χ0v) is 15.8. The van der Waals surface area contributed by atoms with Gasteiger partial charge in [0.2, 0.25) is 0 Å². The lowest BCUT2D eigenvalue weighted by atomic mass is 9.69. The van der Waals surface area contributed by atoms with E-state index in [-0.39, 0.29) is 0 Å². The molecule has 2 nitrogen and oxygen atoms in total. The van der Waals surface area contributed by atoms with Gasteiger partial charge < -0.3 is 10.2 Å². The van der Waals surface area contributed by atoms with E-state index in [2.05, 4.69) is 58.9 Å². The number of rotatable bonds is 7. The molecule has 0 spiro atoms. The van der Waals surface area contributed by atoms with E-state index in [1.54, 1.807) is 0 Å². The van der Waals surface area contributed by atoms with Crippen molar-refractivity contribution in [3.05, 3.63) is 0 Å². The van der Waals surface area contributed by atoms with E-state index < -0.39 is 0 Å². The average Bonchev–Trinajstić information content (AvgIpc) is 2.37. The molecule has 1 saturated carbocycles. The standard InChI is InChI=1S/C19H40N2/c1-8-14-20-17(11-13-18(3,4)5)19(21(6)7)12-9-10-16(2)15-19/h16-17,20H,8-15H2,1-7H3. The number of nitrogens with zero attached hydrogens (tertiary/aromatic N) is 1. The Kier molecular flexibility index (Phi) is 7.19. The van der Waals surface area contributed by atoms with Gasteiger partial charge in [0.05, 0.1) is 0 Å². The molecule has 1 fully saturated rings. The van der Waals surface area contributed by atoms with Crippen LogP contribution in [0.5, 0.6) is 0 Å². The minimum atomic E-state index is 0.359. The summed E-state index contributed by atoms with van der Waals surface area (Å²) >= 11 is 0. The molecule has 2 heteroatoms. The van der Waals surface area contributed by atoms with Gasteiger partial charge in [0, 0.05) is 11.6 Å². The molecule has 0 aliphatic heterocycles. The molecular weight excluding hydrogens is 256 g/mol. The summed E-state index contributed by atoms with van der Waals surface area (Å²) < 4.78 is 0. The van der Waals surface area contributed by atoms with Crippen molar-refractivity contribution in [2.75, 3.05) is 20.6 Å². The lowest BCUT2D eigenvalue weighted by molar-refractivity contribution is 0.0306. The first-order valence-corrected chi connectivity index (χ1v) is 9.12. The second kappa shape index (κ2) is 7.97. The first-order chi connectivity index (χ1) is 9.71. The van der Waals surface area contributed by atoms with E-state index in [0.29, 0.717) is 17.0 Å². The molecule has 3 atom stereocenters. The van der Waals surface area contributed by atoms with E-state index in [1.165, 1.54) is 44.9 Å². The highest BCUT2D eigenvalue weighted by Gasteiger charge is 2.43.